The van der Waals surface area contributed by atoms with Gasteiger partial charge in [0.05, 0.1) is 17.1 Å². The fourth-order valence-electron chi connectivity index (χ4n) is 2.15. The first kappa shape index (κ1) is 15.3. The van der Waals surface area contributed by atoms with E-state index in [-0.39, 0.29) is 10.5 Å². The first-order valence-electron chi connectivity index (χ1n) is 6.60. The van der Waals surface area contributed by atoms with Crippen LogP contribution in [-0.4, -0.2) is 21.0 Å². The first-order valence-corrected chi connectivity index (χ1v) is 8.91. The van der Waals surface area contributed by atoms with Crippen molar-refractivity contribution in [2.45, 2.75) is 37.5 Å². The van der Waals surface area contributed by atoms with Crippen LogP contribution in [0.2, 0.25) is 0 Å². The van der Waals surface area contributed by atoms with Gasteiger partial charge in [-0.15, -0.1) is 0 Å². The summed E-state index contributed by atoms with van der Waals surface area (Å²) in [4.78, 5) is 11.9. The fraction of sp³-hybridized carbons (Fsp3) is 0.500. The highest BCUT2D eigenvalue weighted by molar-refractivity contribution is 8.13. The lowest BCUT2D eigenvalue weighted by Gasteiger charge is -2.24. The number of hydrogen-bond acceptors (Lipinski definition) is 4. The summed E-state index contributed by atoms with van der Waals surface area (Å²) in [6, 6.07) is 4.20. The molecule has 0 heterocycles. The first-order chi connectivity index (χ1) is 9.38. The summed E-state index contributed by atoms with van der Waals surface area (Å²) in [5.41, 5.74) is 0.919. The second-order valence-corrected chi connectivity index (χ2v) is 7.70. The van der Waals surface area contributed by atoms with E-state index in [1.165, 1.54) is 31.4 Å². The molecule has 0 amide bonds. The van der Waals surface area contributed by atoms with Gasteiger partial charge < -0.3 is 4.74 Å². The van der Waals surface area contributed by atoms with Crippen LogP contribution in [0.25, 0.3) is 0 Å². The zero-order valence-electron chi connectivity index (χ0n) is 11.3. The molecular weight excluding hydrogens is 300 g/mol. The topological polar surface area (TPSA) is 60.4 Å². The Hall–Kier alpha value is -1.07. The van der Waals surface area contributed by atoms with Gasteiger partial charge in [0.2, 0.25) is 0 Å². The van der Waals surface area contributed by atoms with Crippen molar-refractivity contribution in [1.29, 1.82) is 0 Å². The van der Waals surface area contributed by atoms with Gasteiger partial charge in [-0.3, -0.25) is 0 Å². The molecule has 0 unspecified atom stereocenters. The molecule has 0 saturated heterocycles. The summed E-state index contributed by atoms with van der Waals surface area (Å²) in [6.45, 7) is 2.11. The van der Waals surface area contributed by atoms with E-state index in [9.17, 15) is 13.2 Å². The van der Waals surface area contributed by atoms with E-state index in [4.69, 9.17) is 15.4 Å². The van der Waals surface area contributed by atoms with E-state index in [0.29, 0.717) is 18.1 Å². The molecule has 110 valence electrons. The Bertz CT molecular complexity index is 606. The highest BCUT2D eigenvalue weighted by Gasteiger charge is 2.19. The van der Waals surface area contributed by atoms with Gasteiger partial charge >= 0.3 is 5.97 Å². The van der Waals surface area contributed by atoms with Gasteiger partial charge in [0.15, 0.2) is 0 Å². The number of benzene rings is 1. The van der Waals surface area contributed by atoms with E-state index in [1.807, 2.05) is 0 Å². The average Bonchev–Trinajstić information content (AvgIpc) is 2.31. The third-order valence-electron chi connectivity index (χ3n) is 3.69. The second-order valence-electron chi connectivity index (χ2n) is 5.14. The van der Waals surface area contributed by atoms with Crippen molar-refractivity contribution in [2.75, 3.05) is 6.61 Å². The number of hydrogen-bond donors (Lipinski definition) is 0. The van der Waals surface area contributed by atoms with Crippen LogP contribution in [0, 0.1) is 12.8 Å². The van der Waals surface area contributed by atoms with Crippen molar-refractivity contribution < 1.29 is 17.9 Å². The Morgan fingerprint density at radius 2 is 2.10 bits per heavy atom. The Morgan fingerprint density at radius 1 is 1.40 bits per heavy atom. The SMILES string of the molecule is Cc1ccc(S(=O)(=O)Cl)cc1C(=O)OCCC1CCC1. The standard InChI is InChI=1S/C14H17ClO4S/c1-10-5-6-12(20(15,17)18)9-13(10)14(16)19-8-7-11-3-2-4-11/h5-6,9,11H,2-4,7-8H2,1H3. The fourth-order valence-corrected chi connectivity index (χ4v) is 2.93. The van der Waals surface area contributed by atoms with Crippen molar-refractivity contribution in [1.82, 2.24) is 0 Å². The zero-order chi connectivity index (χ0) is 14.8. The average molecular weight is 317 g/mol. The van der Waals surface area contributed by atoms with Crippen LogP contribution >= 0.6 is 10.7 Å². The molecule has 1 aromatic rings. The Labute approximate surface area is 123 Å². The van der Waals surface area contributed by atoms with Crippen molar-refractivity contribution >= 4 is 25.7 Å². The number of halogens is 1. The predicted octanol–water partition coefficient (Wildman–Crippen LogP) is 3.27. The van der Waals surface area contributed by atoms with E-state index >= 15 is 0 Å². The minimum absolute atomic E-state index is 0.0873. The second kappa shape index (κ2) is 6.14. The maximum atomic E-state index is 12.0. The lowest BCUT2D eigenvalue weighted by atomic mass is 9.83. The molecule has 0 aliphatic heterocycles. The molecule has 1 fully saturated rings. The van der Waals surface area contributed by atoms with Gasteiger partial charge in [-0.2, -0.15) is 0 Å². The van der Waals surface area contributed by atoms with Crippen LogP contribution in [0.15, 0.2) is 23.1 Å². The highest BCUT2D eigenvalue weighted by atomic mass is 35.7. The summed E-state index contributed by atoms with van der Waals surface area (Å²) in [7, 11) is 1.44. The zero-order valence-corrected chi connectivity index (χ0v) is 12.8. The molecular formula is C14H17ClO4S. The summed E-state index contributed by atoms with van der Waals surface area (Å²) >= 11 is 0. The minimum Gasteiger partial charge on any atom is -0.462 e. The summed E-state index contributed by atoms with van der Waals surface area (Å²) in [6.07, 6.45) is 4.54. The van der Waals surface area contributed by atoms with Gasteiger partial charge in [0.25, 0.3) is 9.05 Å². The molecule has 0 bridgehead atoms. The van der Waals surface area contributed by atoms with Crippen LogP contribution in [0.1, 0.15) is 41.6 Å². The Balaban J connectivity index is 2.04. The molecule has 1 aromatic carbocycles. The van der Waals surface area contributed by atoms with E-state index in [1.54, 1.807) is 13.0 Å². The van der Waals surface area contributed by atoms with Crippen LogP contribution < -0.4 is 0 Å². The molecule has 1 aliphatic carbocycles. The van der Waals surface area contributed by atoms with E-state index < -0.39 is 15.0 Å². The Kier molecular flexibility index (Phi) is 4.70. The molecule has 0 atom stereocenters. The molecule has 0 radical (unpaired) electrons. The van der Waals surface area contributed by atoms with Crippen molar-refractivity contribution in [3.63, 3.8) is 0 Å². The van der Waals surface area contributed by atoms with Crippen molar-refractivity contribution in [3.8, 4) is 0 Å². The largest absolute Gasteiger partial charge is 0.462 e. The quantitative estimate of drug-likeness (QED) is 0.618. The highest BCUT2D eigenvalue weighted by Crippen LogP contribution is 2.29. The lowest BCUT2D eigenvalue weighted by Crippen LogP contribution is -2.16. The third kappa shape index (κ3) is 3.73. The number of ether oxygens (including phenoxy) is 1. The molecule has 0 spiro atoms. The van der Waals surface area contributed by atoms with Crippen LogP contribution in [0.5, 0.6) is 0 Å². The smallest absolute Gasteiger partial charge is 0.338 e. The maximum absolute atomic E-state index is 12.0. The predicted molar refractivity (Wildman–Crippen MR) is 76.5 cm³/mol. The van der Waals surface area contributed by atoms with Gasteiger partial charge in [-0.25, -0.2) is 13.2 Å². The number of aryl methyl sites for hydroxylation is 1. The summed E-state index contributed by atoms with van der Waals surface area (Å²) in [5, 5.41) is 0. The molecule has 2 rings (SSSR count). The lowest BCUT2D eigenvalue weighted by molar-refractivity contribution is 0.0463. The van der Waals surface area contributed by atoms with Crippen LogP contribution in [0.3, 0.4) is 0 Å². The molecule has 0 N–H and O–H groups in total. The van der Waals surface area contributed by atoms with Gasteiger partial charge in [-0.1, -0.05) is 25.3 Å². The van der Waals surface area contributed by atoms with Gasteiger partial charge in [-0.05, 0) is 37.0 Å². The molecule has 20 heavy (non-hydrogen) atoms. The van der Waals surface area contributed by atoms with E-state index in [0.717, 1.165) is 6.42 Å². The van der Waals surface area contributed by atoms with Gasteiger partial charge in [0, 0.05) is 10.7 Å². The van der Waals surface area contributed by atoms with Crippen molar-refractivity contribution in [2.24, 2.45) is 5.92 Å². The molecule has 4 nitrogen and oxygen atoms in total. The number of carbonyl (C=O) groups is 1. The number of carbonyl (C=O) groups excluding carboxylic acids is 1. The minimum atomic E-state index is -3.84. The third-order valence-corrected chi connectivity index (χ3v) is 5.05. The number of rotatable bonds is 5. The van der Waals surface area contributed by atoms with E-state index in [2.05, 4.69) is 0 Å². The van der Waals surface area contributed by atoms with Crippen LogP contribution in [0.4, 0.5) is 0 Å². The normalized spacial score (nSPS) is 15.7. The summed E-state index contributed by atoms with van der Waals surface area (Å²) in [5.74, 6) is 0.169. The molecule has 1 aliphatic rings. The van der Waals surface area contributed by atoms with Gasteiger partial charge in [0.1, 0.15) is 0 Å². The molecule has 6 heteroatoms. The monoisotopic (exact) mass is 316 g/mol. The Morgan fingerprint density at radius 3 is 2.65 bits per heavy atom. The number of esters is 1. The van der Waals surface area contributed by atoms with Crippen LogP contribution in [-0.2, 0) is 13.8 Å². The maximum Gasteiger partial charge on any atom is 0.338 e. The molecule has 0 aromatic heterocycles. The van der Waals surface area contributed by atoms with Crippen molar-refractivity contribution in [3.05, 3.63) is 29.3 Å². The summed E-state index contributed by atoms with van der Waals surface area (Å²) < 4.78 is 27.8. The molecule has 1 saturated carbocycles.